The van der Waals surface area contributed by atoms with Gasteiger partial charge in [-0.05, 0) is 37.0 Å². The van der Waals surface area contributed by atoms with E-state index in [0.29, 0.717) is 12.2 Å². The second-order valence-electron chi connectivity index (χ2n) is 7.89. The number of benzene rings is 2. The number of nitrogens with one attached hydrogen (secondary N) is 1. The van der Waals surface area contributed by atoms with E-state index in [1.165, 1.54) is 23.7 Å². The Morgan fingerprint density at radius 3 is 2.66 bits per heavy atom. The lowest BCUT2D eigenvalue weighted by Gasteiger charge is -2.10. The third kappa shape index (κ3) is 3.07. The maximum Gasteiger partial charge on any atom is 0.268 e. The number of nitrogens with zero attached hydrogens (tertiary/aromatic N) is 2. The number of carbonyl (C=O) groups excluding carboxylic acids is 1. The molecule has 2 aromatic heterocycles. The highest BCUT2D eigenvalue weighted by molar-refractivity contribution is 6.10. The Hall–Kier alpha value is -3.21. The van der Waals surface area contributed by atoms with E-state index < -0.39 is 0 Å². The van der Waals surface area contributed by atoms with E-state index in [2.05, 4.69) is 34.1 Å². The Balaban J connectivity index is 1.50. The molecule has 0 radical (unpaired) electrons. The molecular weight excluding hydrogens is 362 g/mol. The molecule has 1 aliphatic carbocycles. The third-order valence-corrected chi connectivity index (χ3v) is 5.96. The van der Waals surface area contributed by atoms with Crippen molar-refractivity contribution in [1.82, 2.24) is 14.5 Å². The molecule has 0 aliphatic heterocycles. The molecular formula is C24H25N3O2. The van der Waals surface area contributed by atoms with Crippen LogP contribution in [0.3, 0.4) is 0 Å². The second kappa shape index (κ2) is 6.99. The quantitative estimate of drug-likeness (QED) is 0.530. The summed E-state index contributed by atoms with van der Waals surface area (Å²) in [6.45, 7) is 1.46. The summed E-state index contributed by atoms with van der Waals surface area (Å²) < 4.78 is 9.80. The molecule has 0 unspecified atom stereocenters. The monoisotopic (exact) mass is 387 g/mol. The van der Waals surface area contributed by atoms with Gasteiger partial charge in [0.2, 0.25) is 0 Å². The number of aryl methyl sites for hydroxylation is 1. The van der Waals surface area contributed by atoms with Crippen LogP contribution in [-0.2, 0) is 20.1 Å². The van der Waals surface area contributed by atoms with Crippen LogP contribution in [-0.4, -0.2) is 22.2 Å². The maximum absolute atomic E-state index is 13.0. The first-order valence-corrected chi connectivity index (χ1v) is 10.1. The number of amides is 1. The van der Waals surface area contributed by atoms with E-state index in [0.717, 1.165) is 34.8 Å². The Morgan fingerprint density at radius 1 is 1.10 bits per heavy atom. The highest BCUT2D eigenvalue weighted by Gasteiger charge is 2.26. The summed E-state index contributed by atoms with van der Waals surface area (Å²) >= 11 is 0. The predicted octanol–water partition coefficient (Wildman–Crippen LogP) is 4.48. The van der Waals surface area contributed by atoms with Crippen molar-refractivity contribution in [2.24, 2.45) is 13.0 Å². The molecule has 1 amide bonds. The number of hydrogen-bond donors (Lipinski definition) is 1. The van der Waals surface area contributed by atoms with Crippen LogP contribution in [0.5, 0.6) is 5.75 Å². The fourth-order valence-electron chi connectivity index (χ4n) is 4.24. The van der Waals surface area contributed by atoms with Crippen molar-refractivity contribution in [2.75, 3.05) is 7.11 Å². The number of aromatic nitrogens is 2. The van der Waals surface area contributed by atoms with E-state index in [1.807, 2.05) is 41.9 Å². The lowest BCUT2D eigenvalue weighted by atomic mass is 10.2. The molecule has 148 valence electrons. The zero-order chi connectivity index (χ0) is 20.0. The van der Waals surface area contributed by atoms with Crippen molar-refractivity contribution in [3.63, 3.8) is 0 Å². The average Bonchev–Trinajstić information content (AvgIpc) is 3.44. The summed E-state index contributed by atoms with van der Waals surface area (Å²) in [4.78, 5) is 13.0. The minimum absolute atomic E-state index is 0.0725. The van der Waals surface area contributed by atoms with Crippen molar-refractivity contribution >= 4 is 27.8 Å². The highest BCUT2D eigenvalue weighted by Crippen LogP contribution is 2.36. The minimum Gasteiger partial charge on any atom is -0.496 e. The molecule has 1 saturated carbocycles. The molecule has 29 heavy (non-hydrogen) atoms. The molecule has 4 aromatic rings. The van der Waals surface area contributed by atoms with E-state index in [4.69, 9.17) is 4.74 Å². The van der Waals surface area contributed by atoms with Crippen LogP contribution in [0.1, 0.15) is 28.9 Å². The van der Waals surface area contributed by atoms with Gasteiger partial charge in [0.15, 0.2) is 0 Å². The molecule has 1 aliphatic rings. The zero-order valence-electron chi connectivity index (χ0n) is 16.8. The lowest BCUT2D eigenvalue weighted by Crippen LogP contribution is -2.25. The normalized spacial score (nSPS) is 13.9. The van der Waals surface area contributed by atoms with Crippen molar-refractivity contribution in [1.29, 1.82) is 0 Å². The van der Waals surface area contributed by atoms with Crippen molar-refractivity contribution in [3.05, 3.63) is 65.9 Å². The van der Waals surface area contributed by atoms with Gasteiger partial charge in [-0.3, -0.25) is 4.79 Å². The number of methoxy groups -OCH3 is 1. The first kappa shape index (κ1) is 17.9. The molecule has 0 bridgehead atoms. The van der Waals surface area contributed by atoms with Crippen LogP contribution in [0.15, 0.2) is 54.6 Å². The predicted molar refractivity (Wildman–Crippen MR) is 115 cm³/mol. The van der Waals surface area contributed by atoms with Gasteiger partial charge in [-0.2, -0.15) is 0 Å². The topological polar surface area (TPSA) is 48.2 Å². The lowest BCUT2D eigenvalue weighted by molar-refractivity contribution is 0.0943. The van der Waals surface area contributed by atoms with Crippen molar-refractivity contribution < 1.29 is 9.53 Å². The van der Waals surface area contributed by atoms with Gasteiger partial charge in [0.05, 0.1) is 23.7 Å². The molecule has 2 heterocycles. The van der Waals surface area contributed by atoms with E-state index in [9.17, 15) is 4.79 Å². The SMILES string of the molecule is COc1ccccc1CNC(=O)c1cc2c(c3ccccc3n2CC2CC2)n1C. The Morgan fingerprint density at radius 2 is 1.86 bits per heavy atom. The van der Waals surface area contributed by atoms with Crippen LogP contribution >= 0.6 is 0 Å². The summed E-state index contributed by atoms with van der Waals surface area (Å²) in [7, 11) is 3.63. The number of carbonyl (C=O) groups is 1. The average molecular weight is 387 g/mol. The smallest absolute Gasteiger partial charge is 0.268 e. The van der Waals surface area contributed by atoms with E-state index >= 15 is 0 Å². The summed E-state index contributed by atoms with van der Waals surface area (Å²) in [5, 5.41) is 4.26. The number of para-hydroxylation sites is 2. The fraction of sp³-hybridized carbons (Fsp3) is 0.292. The van der Waals surface area contributed by atoms with Gasteiger partial charge in [-0.25, -0.2) is 0 Å². The van der Waals surface area contributed by atoms with Gasteiger partial charge in [0, 0.05) is 31.1 Å². The highest BCUT2D eigenvalue weighted by atomic mass is 16.5. The summed E-state index contributed by atoms with van der Waals surface area (Å²) in [6.07, 6.45) is 2.60. The second-order valence-corrected chi connectivity index (χ2v) is 7.89. The Labute approximate surface area is 169 Å². The summed E-state index contributed by atoms with van der Waals surface area (Å²) in [6, 6.07) is 18.3. The Kier molecular flexibility index (Phi) is 4.31. The number of ether oxygens (including phenoxy) is 1. The Bertz CT molecular complexity index is 1210. The minimum atomic E-state index is -0.0725. The largest absolute Gasteiger partial charge is 0.496 e. The van der Waals surface area contributed by atoms with Gasteiger partial charge < -0.3 is 19.2 Å². The van der Waals surface area contributed by atoms with E-state index in [1.54, 1.807) is 7.11 Å². The van der Waals surface area contributed by atoms with E-state index in [-0.39, 0.29) is 5.91 Å². The number of rotatable bonds is 6. The van der Waals surface area contributed by atoms with Gasteiger partial charge in [0.1, 0.15) is 11.4 Å². The molecule has 0 spiro atoms. The number of fused-ring (bicyclic) bond motifs is 3. The van der Waals surface area contributed by atoms with Crippen LogP contribution < -0.4 is 10.1 Å². The molecule has 5 heteroatoms. The summed E-state index contributed by atoms with van der Waals surface area (Å²) in [5.41, 5.74) is 5.17. The molecule has 2 aromatic carbocycles. The first-order valence-electron chi connectivity index (χ1n) is 10.1. The van der Waals surface area contributed by atoms with Crippen LogP contribution in [0.2, 0.25) is 0 Å². The summed E-state index contributed by atoms with van der Waals surface area (Å²) in [5.74, 6) is 1.47. The maximum atomic E-state index is 13.0. The molecule has 0 atom stereocenters. The molecule has 5 rings (SSSR count). The van der Waals surface area contributed by atoms with Crippen LogP contribution in [0, 0.1) is 5.92 Å². The van der Waals surface area contributed by atoms with Crippen molar-refractivity contribution in [2.45, 2.75) is 25.9 Å². The zero-order valence-corrected chi connectivity index (χ0v) is 16.8. The number of hydrogen-bond acceptors (Lipinski definition) is 2. The molecule has 5 nitrogen and oxygen atoms in total. The van der Waals surface area contributed by atoms with Gasteiger partial charge in [-0.15, -0.1) is 0 Å². The van der Waals surface area contributed by atoms with Gasteiger partial charge in [-0.1, -0.05) is 36.4 Å². The van der Waals surface area contributed by atoms with Gasteiger partial charge in [0.25, 0.3) is 5.91 Å². The van der Waals surface area contributed by atoms with Crippen LogP contribution in [0.4, 0.5) is 0 Å². The van der Waals surface area contributed by atoms with Gasteiger partial charge >= 0.3 is 0 Å². The molecule has 0 saturated heterocycles. The third-order valence-electron chi connectivity index (χ3n) is 5.96. The fourth-order valence-corrected chi connectivity index (χ4v) is 4.24. The standard InChI is InChI=1S/C24H25N3O2/c1-26-21(24(28)25-14-17-7-3-6-10-22(17)29-2)13-20-23(26)18-8-4-5-9-19(18)27(20)15-16-11-12-16/h3-10,13,16H,11-12,14-15H2,1-2H3,(H,25,28). The molecule has 1 fully saturated rings. The van der Waals surface area contributed by atoms with Crippen molar-refractivity contribution in [3.8, 4) is 5.75 Å². The molecule has 1 N–H and O–H groups in total. The van der Waals surface area contributed by atoms with Crippen LogP contribution in [0.25, 0.3) is 21.9 Å². The first-order chi connectivity index (χ1) is 14.2.